The van der Waals surface area contributed by atoms with Crippen molar-refractivity contribution in [2.24, 2.45) is 5.73 Å². The molecule has 0 amide bonds. The Labute approximate surface area is 113 Å². The third kappa shape index (κ3) is 3.09. The fraction of sp³-hybridized carbons (Fsp3) is 0.538. The molecule has 0 bridgehead atoms. The van der Waals surface area contributed by atoms with Crippen LogP contribution < -0.4 is 10.6 Å². The number of thioether (sulfide) groups is 1. The first-order chi connectivity index (χ1) is 8.22. The van der Waals surface area contributed by atoms with Gasteiger partial charge in [0.1, 0.15) is 0 Å². The summed E-state index contributed by atoms with van der Waals surface area (Å²) in [5.41, 5.74) is 8.22. The molecule has 2 nitrogen and oxygen atoms in total. The third-order valence-electron chi connectivity index (χ3n) is 3.29. The summed E-state index contributed by atoms with van der Waals surface area (Å²) in [6.45, 7) is 0.667. The maximum absolute atomic E-state index is 6.05. The van der Waals surface area contributed by atoms with Crippen LogP contribution >= 0.6 is 23.4 Å². The quantitative estimate of drug-likeness (QED) is 0.912. The zero-order chi connectivity index (χ0) is 12.3. The van der Waals surface area contributed by atoms with Crippen LogP contribution in [0.4, 0.5) is 5.69 Å². The van der Waals surface area contributed by atoms with Gasteiger partial charge in [-0.05, 0) is 48.9 Å². The van der Waals surface area contributed by atoms with Crippen LogP contribution in [0, 0.1) is 0 Å². The highest BCUT2D eigenvalue weighted by atomic mass is 35.5. The Balaban J connectivity index is 2.23. The SMILES string of the molecule is CN(c1ccc(Cl)cc1CCN)C1CCSC1. The molecule has 2 N–H and O–H groups in total. The second-order valence-electron chi connectivity index (χ2n) is 4.44. The number of hydrogen-bond acceptors (Lipinski definition) is 3. The number of nitrogens with zero attached hydrogens (tertiary/aromatic N) is 1. The topological polar surface area (TPSA) is 29.3 Å². The van der Waals surface area contributed by atoms with Crippen LogP contribution in [-0.2, 0) is 6.42 Å². The van der Waals surface area contributed by atoms with E-state index in [2.05, 4.69) is 18.0 Å². The van der Waals surface area contributed by atoms with Gasteiger partial charge >= 0.3 is 0 Å². The molecule has 0 aromatic heterocycles. The van der Waals surface area contributed by atoms with E-state index in [1.807, 2.05) is 23.9 Å². The van der Waals surface area contributed by atoms with E-state index in [9.17, 15) is 0 Å². The number of halogens is 1. The van der Waals surface area contributed by atoms with Gasteiger partial charge in [0.05, 0.1) is 0 Å². The molecule has 17 heavy (non-hydrogen) atoms. The Bertz CT molecular complexity index is 378. The van der Waals surface area contributed by atoms with Crippen molar-refractivity contribution >= 4 is 29.1 Å². The minimum atomic E-state index is 0.651. The lowest BCUT2D eigenvalue weighted by atomic mass is 10.1. The van der Waals surface area contributed by atoms with E-state index in [-0.39, 0.29) is 0 Å². The van der Waals surface area contributed by atoms with E-state index >= 15 is 0 Å². The smallest absolute Gasteiger partial charge is 0.0410 e. The molecule has 1 aromatic rings. The molecule has 1 saturated heterocycles. The molecule has 94 valence electrons. The summed E-state index contributed by atoms with van der Waals surface area (Å²) in [6, 6.07) is 6.78. The van der Waals surface area contributed by atoms with Crippen LogP contribution in [0.2, 0.25) is 5.02 Å². The van der Waals surface area contributed by atoms with E-state index in [0.29, 0.717) is 12.6 Å². The summed E-state index contributed by atoms with van der Waals surface area (Å²) in [4.78, 5) is 2.39. The molecule has 2 rings (SSSR count). The highest BCUT2D eigenvalue weighted by Crippen LogP contribution is 2.30. The van der Waals surface area contributed by atoms with Crippen molar-refractivity contribution in [2.75, 3.05) is 30.0 Å². The lowest BCUT2D eigenvalue weighted by Crippen LogP contribution is -2.32. The number of anilines is 1. The summed E-state index contributed by atoms with van der Waals surface area (Å²) in [5, 5.41) is 0.798. The van der Waals surface area contributed by atoms with Crippen molar-refractivity contribution in [1.29, 1.82) is 0 Å². The third-order valence-corrected chi connectivity index (χ3v) is 4.67. The normalized spacial score (nSPS) is 19.6. The Morgan fingerprint density at radius 2 is 2.35 bits per heavy atom. The molecule has 1 aliphatic rings. The van der Waals surface area contributed by atoms with Gasteiger partial charge in [0.2, 0.25) is 0 Å². The Morgan fingerprint density at radius 1 is 1.53 bits per heavy atom. The summed E-state index contributed by atoms with van der Waals surface area (Å²) in [6.07, 6.45) is 2.16. The molecule has 0 spiro atoms. The van der Waals surface area contributed by atoms with Gasteiger partial charge in [-0.3, -0.25) is 0 Å². The van der Waals surface area contributed by atoms with Gasteiger partial charge in [0, 0.05) is 29.6 Å². The van der Waals surface area contributed by atoms with Gasteiger partial charge in [-0.25, -0.2) is 0 Å². The average Bonchev–Trinajstić information content (AvgIpc) is 2.82. The van der Waals surface area contributed by atoms with E-state index < -0.39 is 0 Å². The zero-order valence-electron chi connectivity index (χ0n) is 10.2. The largest absolute Gasteiger partial charge is 0.371 e. The first-order valence-corrected chi connectivity index (χ1v) is 7.54. The standard InChI is InChI=1S/C13H19ClN2S/c1-16(12-5-7-17-9-12)13-3-2-11(14)8-10(13)4-6-15/h2-3,8,12H,4-7,9,15H2,1H3. The molecular formula is C13H19ClN2S. The fourth-order valence-electron chi connectivity index (χ4n) is 2.28. The number of nitrogens with two attached hydrogens (primary N) is 1. The maximum Gasteiger partial charge on any atom is 0.0410 e. The highest BCUT2D eigenvalue weighted by Gasteiger charge is 2.21. The second-order valence-corrected chi connectivity index (χ2v) is 6.03. The number of hydrogen-bond donors (Lipinski definition) is 1. The average molecular weight is 271 g/mol. The van der Waals surface area contributed by atoms with Crippen molar-refractivity contribution in [1.82, 2.24) is 0 Å². The molecule has 1 heterocycles. The molecule has 1 aliphatic heterocycles. The molecular weight excluding hydrogens is 252 g/mol. The Kier molecular flexibility index (Phi) is 4.60. The molecule has 1 aromatic carbocycles. The predicted octanol–water partition coefficient (Wildman–Crippen LogP) is 2.78. The van der Waals surface area contributed by atoms with Gasteiger partial charge in [0.15, 0.2) is 0 Å². The van der Waals surface area contributed by atoms with Gasteiger partial charge in [-0.15, -0.1) is 0 Å². The zero-order valence-corrected chi connectivity index (χ0v) is 11.7. The van der Waals surface area contributed by atoms with Crippen LogP contribution in [0.25, 0.3) is 0 Å². The van der Waals surface area contributed by atoms with Crippen molar-refractivity contribution in [2.45, 2.75) is 18.9 Å². The molecule has 1 fully saturated rings. The summed E-state index contributed by atoms with van der Waals surface area (Å²) in [5.74, 6) is 2.50. The van der Waals surface area contributed by atoms with E-state index in [0.717, 1.165) is 11.4 Å². The minimum absolute atomic E-state index is 0.651. The Hall–Kier alpha value is -0.380. The van der Waals surface area contributed by atoms with Gasteiger partial charge < -0.3 is 10.6 Å². The first-order valence-electron chi connectivity index (χ1n) is 6.01. The van der Waals surface area contributed by atoms with E-state index in [1.54, 1.807) is 0 Å². The molecule has 0 aliphatic carbocycles. The fourth-order valence-corrected chi connectivity index (χ4v) is 3.74. The molecule has 0 radical (unpaired) electrons. The van der Waals surface area contributed by atoms with Crippen molar-refractivity contribution < 1.29 is 0 Å². The predicted molar refractivity (Wildman–Crippen MR) is 78.3 cm³/mol. The van der Waals surface area contributed by atoms with Crippen LogP contribution in [0.15, 0.2) is 18.2 Å². The van der Waals surface area contributed by atoms with Crippen molar-refractivity contribution in [3.63, 3.8) is 0 Å². The summed E-state index contributed by atoms with van der Waals surface area (Å²) >= 11 is 8.09. The summed E-state index contributed by atoms with van der Waals surface area (Å²) in [7, 11) is 2.18. The Morgan fingerprint density at radius 3 is 3.00 bits per heavy atom. The van der Waals surface area contributed by atoms with Crippen molar-refractivity contribution in [3.8, 4) is 0 Å². The van der Waals surface area contributed by atoms with Crippen molar-refractivity contribution in [3.05, 3.63) is 28.8 Å². The van der Waals surface area contributed by atoms with E-state index in [1.165, 1.54) is 29.2 Å². The second kappa shape index (κ2) is 5.98. The lowest BCUT2D eigenvalue weighted by molar-refractivity contribution is 0.696. The van der Waals surface area contributed by atoms with Crippen LogP contribution in [0.5, 0.6) is 0 Å². The number of benzene rings is 1. The molecule has 1 unspecified atom stereocenters. The highest BCUT2D eigenvalue weighted by molar-refractivity contribution is 7.99. The molecule has 0 saturated carbocycles. The van der Waals surface area contributed by atoms with Crippen LogP contribution in [0.3, 0.4) is 0 Å². The minimum Gasteiger partial charge on any atom is -0.371 e. The first kappa shape index (κ1) is 13.1. The molecule has 1 atom stereocenters. The molecule has 4 heteroatoms. The van der Waals surface area contributed by atoms with Crippen LogP contribution in [-0.4, -0.2) is 31.1 Å². The van der Waals surface area contributed by atoms with Gasteiger partial charge in [-0.2, -0.15) is 11.8 Å². The monoisotopic (exact) mass is 270 g/mol. The van der Waals surface area contributed by atoms with E-state index in [4.69, 9.17) is 17.3 Å². The van der Waals surface area contributed by atoms with Gasteiger partial charge in [-0.1, -0.05) is 11.6 Å². The number of rotatable bonds is 4. The van der Waals surface area contributed by atoms with Gasteiger partial charge in [0.25, 0.3) is 0 Å². The lowest BCUT2D eigenvalue weighted by Gasteiger charge is -2.28. The van der Waals surface area contributed by atoms with Crippen LogP contribution in [0.1, 0.15) is 12.0 Å². The summed E-state index contributed by atoms with van der Waals surface area (Å²) < 4.78 is 0. The maximum atomic E-state index is 6.05.